The third-order valence-corrected chi connectivity index (χ3v) is 4.02. The second-order valence-corrected chi connectivity index (χ2v) is 5.81. The molecule has 2 N–H and O–H groups in total. The average Bonchev–Trinajstić information content (AvgIpc) is 2.17. The van der Waals surface area contributed by atoms with Crippen LogP contribution in [0.2, 0.25) is 0 Å². The molecule has 1 fully saturated rings. The molecule has 5 heteroatoms. The van der Waals surface area contributed by atoms with Crippen molar-refractivity contribution >= 4 is 10.0 Å². The van der Waals surface area contributed by atoms with Crippen LogP contribution >= 0.6 is 0 Å². The van der Waals surface area contributed by atoms with E-state index in [0.29, 0.717) is 18.9 Å². The standard InChI is InChI=1S/C9H20N2O2S/c1-2-6-14(12,13)11-8-9-4-3-5-10-7-9/h9-11H,2-8H2,1H3. The van der Waals surface area contributed by atoms with Crippen LogP contribution in [0.25, 0.3) is 0 Å². The van der Waals surface area contributed by atoms with Gasteiger partial charge in [0.25, 0.3) is 0 Å². The Morgan fingerprint density at radius 1 is 1.50 bits per heavy atom. The summed E-state index contributed by atoms with van der Waals surface area (Å²) >= 11 is 0. The van der Waals surface area contributed by atoms with Crippen molar-refractivity contribution in [2.75, 3.05) is 25.4 Å². The lowest BCUT2D eigenvalue weighted by molar-refractivity contribution is 0.376. The second-order valence-electron chi connectivity index (χ2n) is 3.88. The predicted molar refractivity (Wildman–Crippen MR) is 57.7 cm³/mol. The van der Waals surface area contributed by atoms with Gasteiger partial charge in [-0.15, -0.1) is 0 Å². The van der Waals surface area contributed by atoms with Crippen molar-refractivity contribution in [3.8, 4) is 0 Å². The minimum absolute atomic E-state index is 0.243. The highest BCUT2D eigenvalue weighted by Crippen LogP contribution is 2.08. The Hall–Kier alpha value is -0.130. The fraction of sp³-hybridized carbons (Fsp3) is 1.00. The highest BCUT2D eigenvalue weighted by molar-refractivity contribution is 7.89. The fourth-order valence-electron chi connectivity index (χ4n) is 1.68. The number of hydrogen-bond donors (Lipinski definition) is 2. The van der Waals surface area contributed by atoms with Crippen molar-refractivity contribution in [1.82, 2.24) is 10.0 Å². The highest BCUT2D eigenvalue weighted by atomic mass is 32.2. The normalized spacial score (nSPS) is 23.6. The quantitative estimate of drug-likeness (QED) is 0.701. The molecule has 1 heterocycles. The molecule has 1 aliphatic heterocycles. The van der Waals surface area contributed by atoms with Crippen LogP contribution in [0, 0.1) is 5.92 Å². The van der Waals surface area contributed by atoms with Crippen molar-refractivity contribution in [2.45, 2.75) is 26.2 Å². The number of sulfonamides is 1. The fourth-order valence-corrected chi connectivity index (χ4v) is 2.86. The van der Waals surface area contributed by atoms with Crippen LogP contribution in [-0.2, 0) is 10.0 Å². The summed E-state index contributed by atoms with van der Waals surface area (Å²) in [6.07, 6.45) is 2.96. The van der Waals surface area contributed by atoms with Gasteiger partial charge in [0.05, 0.1) is 5.75 Å². The summed E-state index contributed by atoms with van der Waals surface area (Å²) in [5, 5.41) is 3.27. The van der Waals surface area contributed by atoms with E-state index in [4.69, 9.17) is 0 Å². The van der Waals surface area contributed by atoms with E-state index >= 15 is 0 Å². The largest absolute Gasteiger partial charge is 0.316 e. The summed E-state index contributed by atoms with van der Waals surface area (Å²) in [5.41, 5.74) is 0. The topological polar surface area (TPSA) is 58.2 Å². The zero-order valence-electron chi connectivity index (χ0n) is 8.75. The molecule has 1 unspecified atom stereocenters. The van der Waals surface area contributed by atoms with Crippen LogP contribution < -0.4 is 10.0 Å². The van der Waals surface area contributed by atoms with E-state index in [1.165, 1.54) is 0 Å². The Morgan fingerprint density at radius 2 is 2.29 bits per heavy atom. The molecule has 0 amide bonds. The SMILES string of the molecule is CCCS(=O)(=O)NCC1CCCNC1. The van der Waals surface area contributed by atoms with Gasteiger partial charge in [-0.2, -0.15) is 0 Å². The molecule has 0 saturated carbocycles. The third kappa shape index (κ3) is 4.39. The molecular weight excluding hydrogens is 200 g/mol. The Bertz CT molecular complexity index is 246. The molecule has 1 atom stereocenters. The summed E-state index contributed by atoms with van der Waals surface area (Å²) in [6, 6.07) is 0. The van der Waals surface area contributed by atoms with Gasteiger partial charge >= 0.3 is 0 Å². The molecule has 0 aromatic rings. The van der Waals surface area contributed by atoms with Gasteiger partial charge in [-0.3, -0.25) is 0 Å². The van der Waals surface area contributed by atoms with E-state index in [1.807, 2.05) is 6.92 Å². The Kier molecular flexibility index (Phi) is 4.84. The number of hydrogen-bond acceptors (Lipinski definition) is 3. The minimum Gasteiger partial charge on any atom is -0.316 e. The summed E-state index contributed by atoms with van der Waals surface area (Å²) < 4.78 is 25.3. The first-order chi connectivity index (χ1) is 6.64. The summed E-state index contributed by atoms with van der Waals surface area (Å²) in [6.45, 7) is 4.48. The monoisotopic (exact) mass is 220 g/mol. The molecule has 14 heavy (non-hydrogen) atoms. The van der Waals surface area contributed by atoms with Gasteiger partial charge in [-0.05, 0) is 38.3 Å². The molecule has 1 saturated heterocycles. The number of nitrogens with one attached hydrogen (secondary N) is 2. The van der Waals surface area contributed by atoms with E-state index in [2.05, 4.69) is 10.0 Å². The van der Waals surface area contributed by atoms with Crippen LogP contribution in [0.15, 0.2) is 0 Å². The zero-order chi connectivity index (χ0) is 10.4. The van der Waals surface area contributed by atoms with Gasteiger partial charge in [0, 0.05) is 6.54 Å². The number of piperidine rings is 1. The van der Waals surface area contributed by atoms with Crippen LogP contribution in [0.5, 0.6) is 0 Å². The summed E-state index contributed by atoms with van der Waals surface area (Å²) in [4.78, 5) is 0. The van der Waals surface area contributed by atoms with Gasteiger partial charge in [0.1, 0.15) is 0 Å². The maximum atomic E-state index is 11.3. The van der Waals surface area contributed by atoms with Gasteiger partial charge in [-0.25, -0.2) is 13.1 Å². The molecule has 1 rings (SSSR count). The molecule has 0 spiro atoms. The van der Waals surface area contributed by atoms with Crippen molar-refractivity contribution in [3.63, 3.8) is 0 Å². The highest BCUT2D eigenvalue weighted by Gasteiger charge is 2.15. The first kappa shape index (κ1) is 11.9. The molecule has 0 radical (unpaired) electrons. The Balaban J connectivity index is 2.24. The Labute approximate surface area is 86.5 Å². The minimum atomic E-state index is -3.01. The van der Waals surface area contributed by atoms with E-state index in [0.717, 1.165) is 25.9 Å². The van der Waals surface area contributed by atoms with Crippen LogP contribution in [0.1, 0.15) is 26.2 Å². The van der Waals surface area contributed by atoms with E-state index < -0.39 is 10.0 Å². The van der Waals surface area contributed by atoms with Crippen molar-refractivity contribution in [2.24, 2.45) is 5.92 Å². The first-order valence-electron chi connectivity index (χ1n) is 5.32. The van der Waals surface area contributed by atoms with Gasteiger partial charge < -0.3 is 5.32 Å². The maximum absolute atomic E-state index is 11.3. The van der Waals surface area contributed by atoms with Crippen molar-refractivity contribution in [1.29, 1.82) is 0 Å². The smallest absolute Gasteiger partial charge is 0.211 e. The van der Waals surface area contributed by atoms with Gasteiger partial charge in [-0.1, -0.05) is 6.92 Å². The average molecular weight is 220 g/mol. The van der Waals surface area contributed by atoms with Crippen molar-refractivity contribution in [3.05, 3.63) is 0 Å². The molecular formula is C9H20N2O2S. The van der Waals surface area contributed by atoms with Crippen molar-refractivity contribution < 1.29 is 8.42 Å². The summed E-state index contributed by atoms with van der Waals surface area (Å²) in [5.74, 6) is 0.711. The lowest BCUT2D eigenvalue weighted by Gasteiger charge is -2.22. The predicted octanol–water partition coefficient (Wildman–Crippen LogP) is 0.315. The first-order valence-corrected chi connectivity index (χ1v) is 6.97. The van der Waals surface area contributed by atoms with Crippen LogP contribution in [0.3, 0.4) is 0 Å². The number of rotatable bonds is 5. The molecule has 0 aromatic carbocycles. The van der Waals surface area contributed by atoms with E-state index in [1.54, 1.807) is 0 Å². The van der Waals surface area contributed by atoms with Gasteiger partial charge in [0.15, 0.2) is 0 Å². The van der Waals surface area contributed by atoms with Crippen LogP contribution in [0.4, 0.5) is 0 Å². The molecule has 4 nitrogen and oxygen atoms in total. The third-order valence-electron chi connectivity index (χ3n) is 2.46. The van der Waals surface area contributed by atoms with E-state index in [9.17, 15) is 8.42 Å². The summed E-state index contributed by atoms with van der Waals surface area (Å²) in [7, 11) is -3.01. The molecule has 84 valence electrons. The Morgan fingerprint density at radius 3 is 2.86 bits per heavy atom. The molecule has 0 aliphatic carbocycles. The van der Waals surface area contributed by atoms with Crippen LogP contribution in [-0.4, -0.2) is 33.8 Å². The molecule has 0 bridgehead atoms. The van der Waals surface area contributed by atoms with Gasteiger partial charge in [0.2, 0.25) is 10.0 Å². The maximum Gasteiger partial charge on any atom is 0.211 e. The lowest BCUT2D eigenvalue weighted by atomic mass is 10.0. The molecule has 0 aromatic heterocycles. The van der Waals surface area contributed by atoms with E-state index in [-0.39, 0.29) is 5.75 Å². The molecule has 1 aliphatic rings. The second kappa shape index (κ2) is 5.68. The lowest BCUT2D eigenvalue weighted by Crippen LogP contribution is -2.38. The zero-order valence-corrected chi connectivity index (χ0v) is 9.57.